The molecule has 6 nitrogen and oxygen atoms in total. The largest absolute Gasteiger partial charge is 0.454 e. The van der Waals surface area contributed by atoms with Crippen LogP contribution < -0.4 is 9.47 Å². The molecule has 2 atom stereocenters. The lowest BCUT2D eigenvalue weighted by Gasteiger charge is -2.42. The van der Waals surface area contributed by atoms with Crippen molar-refractivity contribution < 1.29 is 14.3 Å². The number of hydrogen-bond acceptors (Lipinski definition) is 5. The number of hydrogen-bond donors (Lipinski definition) is 0. The van der Waals surface area contributed by atoms with Crippen molar-refractivity contribution in [3.8, 4) is 11.5 Å². The number of aromatic nitrogens is 2. The summed E-state index contributed by atoms with van der Waals surface area (Å²) in [6, 6.07) is 24.3. The SMILES string of the molecule is CC12CCC(C(=O)N(Cc3ccccc3)Cc3ccccc3)(c3nc4cc5c(cc4nc31)OCO5)C2(C)C. The normalized spacial score (nSPS) is 24.0. The molecule has 1 amide bonds. The molecule has 1 fully saturated rings. The van der Waals surface area contributed by atoms with Crippen LogP contribution >= 0.6 is 0 Å². The average molecular weight is 506 g/mol. The van der Waals surface area contributed by atoms with Crippen LogP contribution in [0.4, 0.5) is 0 Å². The Labute approximate surface area is 222 Å². The summed E-state index contributed by atoms with van der Waals surface area (Å²) < 4.78 is 11.2. The van der Waals surface area contributed by atoms with E-state index in [-0.39, 0.29) is 23.5 Å². The van der Waals surface area contributed by atoms with Crippen LogP contribution in [0.25, 0.3) is 11.0 Å². The molecule has 1 aliphatic heterocycles. The highest BCUT2D eigenvalue weighted by atomic mass is 16.7. The summed E-state index contributed by atoms with van der Waals surface area (Å²) in [7, 11) is 0. The van der Waals surface area contributed by atoms with Gasteiger partial charge in [-0.3, -0.25) is 4.79 Å². The van der Waals surface area contributed by atoms with Gasteiger partial charge in [0.05, 0.1) is 27.8 Å². The van der Waals surface area contributed by atoms with E-state index in [0.717, 1.165) is 46.4 Å². The number of ether oxygens (including phenoxy) is 2. The van der Waals surface area contributed by atoms with E-state index < -0.39 is 5.41 Å². The van der Waals surface area contributed by atoms with Crippen molar-refractivity contribution in [2.45, 2.75) is 57.5 Å². The summed E-state index contributed by atoms with van der Waals surface area (Å²) in [4.78, 5) is 27.4. The summed E-state index contributed by atoms with van der Waals surface area (Å²) in [5.41, 5.74) is 4.14. The molecular weight excluding hydrogens is 474 g/mol. The van der Waals surface area contributed by atoms with Gasteiger partial charge in [-0.15, -0.1) is 0 Å². The molecule has 2 aliphatic carbocycles. The average Bonchev–Trinajstić information content (AvgIpc) is 3.50. The summed E-state index contributed by atoms with van der Waals surface area (Å²) in [6.07, 6.45) is 1.65. The third-order valence-corrected chi connectivity index (χ3v) is 9.62. The molecule has 7 rings (SSSR count). The van der Waals surface area contributed by atoms with E-state index in [1.165, 1.54) is 0 Å². The van der Waals surface area contributed by atoms with Gasteiger partial charge in [0.25, 0.3) is 0 Å². The summed E-state index contributed by atoms with van der Waals surface area (Å²) in [5, 5.41) is 0. The molecule has 6 heteroatoms. The molecule has 3 aliphatic rings. The summed E-state index contributed by atoms with van der Waals surface area (Å²) >= 11 is 0. The molecule has 4 aromatic rings. The van der Waals surface area contributed by atoms with E-state index in [4.69, 9.17) is 19.4 Å². The summed E-state index contributed by atoms with van der Waals surface area (Å²) in [6.45, 7) is 8.02. The first kappa shape index (κ1) is 23.2. The van der Waals surface area contributed by atoms with E-state index in [1.807, 2.05) is 53.4 Å². The van der Waals surface area contributed by atoms with Crippen LogP contribution in [0.15, 0.2) is 72.8 Å². The van der Waals surface area contributed by atoms with Crippen LogP contribution in [0.5, 0.6) is 11.5 Å². The standard InChI is InChI=1S/C32H31N3O3/c1-30(2)31(3)14-15-32(30,28-27(31)33-23-16-25-26(38-20-37-25)17-24(23)34-28)29(36)35(18-21-10-6-4-7-11-21)19-22-12-8-5-9-13-22/h4-13,16-17H,14-15,18-20H2,1-3H3. The van der Waals surface area contributed by atoms with Crippen LogP contribution in [0.3, 0.4) is 0 Å². The van der Waals surface area contributed by atoms with E-state index in [9.17, 15) is 4.79 Å². The Morgan fingerprint density at radius 2 is 1.32 bits per heavy atom. The van der Waals surface area contributed by atoms with E-state index >= 15 is 0 Å². The highest BCUT2D eigenvalue weighted by Gasteiger charge is 2.73. The van der Waals surface area contributed by atoms with Gasteiger partial charge < -0.3 is 14.4 Å². The molecule has 3 aromatic carbocycles. The molecule has 0 saturated heterocycles. The molecule has 1 aromatic heterocycles. The Morgan fingerprint density at radius 3 is 1.87 bits per heavy atom. The molecule has 0 N–H and O–H groups in total. The van der Waals surface area contributed by atoms with Crippen LogP contribution in [0.2, 0.25) is 0 Å². The fourth-order valence-electron chi connectivity index (χ4n) is 7.04. The molecule has 0 spiro atoms. The lowest BCUT2D eigenvalue weighted by molar-refractivity contribution is -0.142. The number of nitrogens with zero attached hydrogens (tertiary/aromatic N) is 3. The molecule has 1 saturated carbocycles. The fraction of sp³-hybridized carbons (Fsp3) is 0.344. The number of benzene rings is 3. The van der Waals surface area contributed by atoms with Crippen LogP contribution in [0, 0.1) is 5.41 Å². The second-order valence-corrected chi connectivity index (χ2v) is 11.6. The Hall–Kier alpha value is -3.93. The number of amides is 1. The number of carbonyl (C=O) groups excluding carboxylic acids is 1. The number of carbonyl (C=O) groups is 1. The first-order valence-electron chi connectivity index (χ1n) is 13.3. The maximum absolute atomic E-state index is 15.0. The van der Waals surface area contributed by atoms with Crippen molar-refractivity contribution in [1.82, 2.24) is 14.9 Å². The van der Waals surface area contributed by atoms with Gasteiger partial charge in [0.15, 0.2) is 11.5 Å². The van der Waals surface area contributed by atoms with Crippen molar-refractivity contribution in [2.24, 2.45) is 5.41 Å². The quantitative estimate of drug-likeness (QED) is 0.337. The minimum absolute atomic E-state index is 0.132. The van der Waals surface area contributed by atoms with Gasteiger partial charge in [0.2, 0.25) is 12.7 Å². The van der Waals surface area contributed by atoms with Gasteiger partial charge in [0, 0.05) is 30.6 Å². The van der Waals surface area contributed by atoms with Gasteiger partial charge in [-0.2, -0.15) is 0 Å². The topological polar surface area (TPSA) is 64.6 Å². The van der Waals surface area contributed by atoms with Crippen molar-refractivity contribution in [2.75, 3.05) is 6.79 Å². The zero-order valence-electron chi connectivity index (χ0n) is 22.0. The smallest absolute Gasteiger partial charge is 0.236 e. The zero-order chi connectivity index (χ0) is 26.1. The van der Waals surface area contributed by atoms with Crippen molar-refractivity contribution >= 4 is 16.9 Å². The van der Waals surface area contributed by atoms with E-state index in [2.05, 4.69) is 45.0 Å². The Kier molecular flexibility index (Phi) is 4.91. The molecule has 2 bridgehead atoms. The monoisotopic (exact) mass is 505 g/mol. The van der Waals surface area contributed by atoms with Gasteiger partial charge in [0.1, 0.15) is 0 Å². The molecule has 192 valence electrons. The molecular formula is C32H31N3O3. The second-order valence-electron chi connectivity index (χ2n) is 11.6. The van der Waals surface area contributed by atoms with Gasteiger partial charge in [-0.1, -0.05) is 81.4 Å². The molecule has 38 heavy (non-hydrogen) atoms. The Bertz CT molecular complexity index is 1530. The highest BCUT2D eigenvalue weighted by molar-refractivity contribution is 5.93. The number of rotatable bonds is 5. The molecule has 2 heterocycles. The Balaban J connectivity index is 1.38. The lowest BCUT2D eigenvalue weighted by atomic mass is 9.63. The molecule has 0 radical (unpaired) electrons. The first-order chi connectivity index (χ1) is 18.3. The van der Waals surface area contributed by atoms with Crippen molar-refractivity contribution in [1.29, 1.82) is 0 Å². The minimum Gasteiger partial charge on any atom is -0.454 e. The van der Waals surface area contributed by atoms with E-state index in [0.29, 0.717) is 24.6 Å². The maximum atomic E-state index is 15.0. The van der Waals surface area contributed by atoms with Gasteiger partial charge in [-0.05, 0) is 29.4 Å². The van der Waals surface area contributed by atoms with E-state index in [1.54, 1.807) is 0 Å². The highest BCUT2D eigenvalue weighted by Crippen LogP contribution is 2.70. The van der Waals surface area contributed by atoms with Crippen LogP contribution in [-0.4, -0.2) is 27.6 Å². The summed E-state index contributed by atoms with van der Waals surface area (Å²) in [5.74, 6) is 1.50. The second kappa shape index (κ2) is 8.03. The predicted molar refractivity (Wildman–Crippen MR) is 145 cm³/mol. The fourth-order valence-corrected chi connectivity index (χ4v) is 7.04. The van der Waals surface area contributed by atoms with Crippen molar-refractivity contribution in [3.05, 3.63) is 95.3 Å². The third kappa shape index (κ3) is 3.03. The van der Waals surface area contributed by atoms with Gasteiger partial charge in [-0.25, -0.2) is 9.97 Å². The predicted octanol–water partition coefficient (Wildman–Crippen LogP) is 5.92. The third-order valence-electron chi connectivity index (χ3n) is 9.62. The van der Waals surface area contributed by atoms with Gasteiger partial charge >= 0.3 is 0 Å². The number of fused-ring (bicyclic) bond motifs is 7. The lowest BCUT2D eigenvalue weighted by Crippen LogP contribution is -2.52. The van der Waals surface area contributed by atoms with Crippen LogP contribution in [0.1, 0.15) is 56.1 Å². The maximum Gasteiger partial charge on any atom is 0.236 e. The zero-order valence-corrected chi connectivity index (χ0v) is 22.0. The van der Waals surface area contributed by atoms with Crippen LogP contribution in [-0.2, 0) is 28.7 Å². The Morgan fingerprint density at radius 1 is 0.789 bits per heavy atom. The van der Waals surface area contributed by atoms with Crippen molar-refractivity contribution in [3.63, 3.8) is 0 Å². The molecule has 2 unspecified atom stereocenters. The minimum atomic E-state index is -0.766. The first-order valence-corrected chi connectivity index (χ1v) is 13.3.